The third kappa shape index (κ3) is 3.93. The largest absolute Gasteiger partial charge is 0.335 e. The van der Waals surface area contributed by atoms with E-state index in [0.29, 0.717) is 0 Å². The van der Waals surface area contributed by atoms with Crippen molar-refractivity contribution in [2.24, 2.45) is 0 Å². The van der Waals surface area contributed by atoms with Crippen LogP contribution in [0.15, 0.2) is 18.2 Å². The van der Waals surface area contributed by atoms with Crippen LogP contribution in [0, 0.1) is 12.5 Å². The number of amides is 4. The topological polar surface area (TPSA) is 83.6 Å². The summed E-state index contributed by atoms with van der Waals surface area (Å²) >= 11 is 0. The van der Waals surface area contributed by atoms with Crippen molar-refractivity contribution in [2.75, 3.05) is 0 Å². The molecular formula is C16H16N2O4Y-2. The van der Waals surface area contributed by atoms with Crippen LogP contribution in [-0.2, 0) is 42.3 Å². The van der Waals surface area contributed by atoms with Crippen LogP contribution in [0.25, 0.3) is 0 Å². The molecule has 2 heterocycles. The van der Waals surface area contributed by atoms with Gasteiger partial charge in [-0.2, -0.15) is 38.1 Å². The number of carbonyl (C=O) groups is 4. The first-order valence-electron chi connectivity index (χ1n) is 6.97. The van der Waals surface area contributed by atoms with Crippen LogP contribution < -0.4 is 5.32 Å². The summed E-state index contributed by atoms with van der Waals surface area (Å²) in [5, 5.41) is 2.14. The van der Waals surface area contributed by atoms with Crippen LogP contribution in [0.2, 0.25) is 0 Å². The van der Waals surface area contributed by atoms with Crippen LogP contribution in [0.3, 0.4) is 0 Å². The average Bonchev–Trinajstić information content (AvgIpc) is 2.73. The zero-order valence-electron chi connectivity index (χ0n) is 13.0. The van der Waals surface area contributed by atoms with E-state index in [4.69, 9.17) is 0 Å². The molecule has 0 aliphatic carbocycles. The molecule has 0 saturated carbocycles. The molecule has 3 rings (SSSR count). The Kier molecular flexibility index (Phi) is 7.22. The SMILES string of the molecule is C[CH-]C.O=C1CCC(N2C(=O)c3c[c-]ccc3C2=O)C(=O)N1.[Y]. The molecule has 1 aromatic rings. The maximum Gasteiger partial charge on any atom is 0.249 e. The van der Waals surface area contributed by atoms with Crippen molar-refractivity contribution in [2.45, 2.75) is 32.7 Å². The molecule has 1 N–H and O–H groups in total. The minimum Gasteiger partial charge on any atom is -0.335 e. The zero-order chi connectivity index (χ0) is 16.3. The second-order valence-corrected chi connectivity index (χ2v) is 5.00. The molecule has 6 nitrogen and oxygen atoms in total. The van der Waals surface area contributed by atoms with Gasteiger partial charge in [-0.15, -0.1) is 0 Å². The molecule has 119 valence electrons. The summed E-state index contributed by atoms with van der Waals surface area (Å²) < 4.78 is 0. The van der Waals surface area contributed by atoms with Crippen LogP contribution >= 0.6 is 0 Å². The third-order valence-electron chi connectivity index (χ3n) is 3.28. The first-order chi connectivity index (χ1) is 10.5. The van der Waals surface area contributed by atoms with E-state index in [1.165, 1.54) is 18.2 Å². The first kappa shape index (κ1) is 19.7. The Morgan fingerprint density at radius 2 is 1.78 bits per heavy atom. The van der Waals surface area contributed by atoms with Crippen molar-refractivity contribution in [1.29, 1.82) is 0 Å². The summed E-state index contributed by atoms with van der Waals surface area (Å²) in [5.41, 5.74) is 0.519. The molecule has 0 spiro atoms. The second-order valence-electron chi connectivity index (χ2n) is 5.00. The summed E-state index contributed by atoms with van der Waals surface area (Å²) in [4.78, 5) is 48.1. The molecule has 0 aromatic heterocycles. The number of benzene rings is 1. The summed E-state index contributed by atoms with van der Waals surface area (Å²) in [5.74, 6) is -1.99. The number of nitrogens with zero attached hydrogens (tertiary/aromatic N) is 1. The summed E-state index contributed by atoms with van der Waals surface area (Å²) in [6.07, 6.45) is 2.29. The van der Waals surface area contributed by atoms with E-state index < -0.39 is 23.8 Å². The van der Waals surface area contributed by atoms with Gasteiger partial charge in [-0.25, -0.2) is 0 Å². The number of carbonyl (C=O) groups excluding carboxylic acids is 4. The van der Waals surface area contributed by atoms with Crippen LogP contribution in [0.4, 0.5) is 0 Å². The Balaban J connectivity index is 0.000000615. The normalized spacial score (nSPS) is 19.4. The zero-order valence-corrected chi connectivity index (χ0v) is 15.8. The molecule has 1 aromatic carbocycles. The van der Waals surface area contributed by atoms with Crippen molar-refractivity contribution in [3.8, 4) is 0 Å². The third-order valence-corrected chi connectivity index (χ3v) is 3.28. The molecule has 1 atom stereocenters. The van der Waals surface area contributed by atoms with Crippen molar-refractivity contribution in [3.05, 3.63) is 41.8 Å². The number of piperidine rings is 1. The van der Waals surface area contributed by atoms with Gasteiger partial charge in [0.1, 0.15) is 6.04 Å². The minimum absolute atomic E-state index is 0. The monoisotopic (exact) mass is 389 g/mol. The quantitative estimate of drug-likeness (QED) is 0.576. The van der Waals surface area contributed by atoms with Gasteiger partial charge in [-0.05, 0) is 6.42 Å². The van der Waals surface area contributed by atoms with Crippen LogP contribution in [0.1, 0.15) is 47.4 Å². The van der Waals surface area contributed by atoms with Gasteiger partial charge in [0.2, 0.25) is 23.6 Å². The number of nitrogens with one attached hydrogen (secondary N) is 1. The standard InChI is InChI=1S/C13H9N2O4.C3H7.Y/c16-10-6-5-9(11(17)14-10)15-12(18)7-3-1-2-4-8(7)13(15)19;1-3-2;/h1,3-4,9H,5-6H2,(H,14,16,17);3H,1-2H3;/q2*-1;. The molecule has 7 heteroatoms. The smallest absolute Gasteiger partial charge is 0.249 e. The van der Waals surface area contributed by atoms with E-state index in [-0.39, 0.29) is 62.6 Å². The predicted octanol–water partition coefficient (Wildman–Crippen LogP) is 1.12. The number of hydrogen-bond acceptors (Lipinski definition) is 4. The van der Waals surface area contributed by atoms with Crippen LogP contribution in [-0.4, -0.2) is 34.6 Å². The molecular weight excluding hydrogens is 373 g/mol. The first-order valence-corrected chi connectivity index (χ1v) is 6.97. The molecule has 4 amide bonds. The number of rotatable bonds is 1. The van der Waals surface area contributed by atoms with Gasteiger partial charge >= 0.3 is 0 Å². The Morgan fingerprint density at radius 1 is 1.17 bits per heavy atom. The Bertz CT molecular complexity index is 610. The van der Waals surface area contributed by atoms with E-state index in [2.05, 4.69) is 11.4 Å². The summed E-state index contributed by atoms with van der Waals surface area (Å²) in [6, 6.07) is 6.29. The van der Waals surface area contributed by atoms with Crippen LogP contribution in [0.5, 0.6) is 0 Å². The molecule has 1 radical (unpaired) electrons. The maximum atomic E-state index is 12.2. The van der Waals surface area contributed by atoms with Gasteiger partial charge in [-0.1, -0.05) is 11.1 Å². The number of imide groups is 2. The van der Waals surface area contributed by atoms with Crippen molar-refractivity contribution < 1.29 is 51.9 Å². The molecule has 1 unspecified atom stereocenters. The Morgan fingerprint density at radius 3 is 2.35 bits per heavy atom. The van der Waals surface area contributed by atoms with Crippen molar-refractivity contribution in [1.82, 2.24) is 10.2 Å². The van der Waals surface area contributed by atoms with Gasteiger partial charge in [0.15, 0.2) is 0 Å². The Labute approximate surface area is 159 Å². The molecule has 1 fully saturated rings. The number of fused-ring (bicyclic) bond motifs is 1. The van der Waals surface area contributed by atoms with E-state index in [1.54, 1.807) is 0 Å². The maximum absolute atomic E-state index is 12.2. The van der Waals surface area contributed by atoms with Crippen molar-refractivity contribution >= 4 is 23.6 Å². The second kappa shape index (κ2) is 8.45. The van der Waals surface area contributed by atoms with E-state index in [1.807, 2.05) is 20.3 Å². The minimum atomic E-state index is -0.912. The predicted molar refractivity (Wildman–Crippen MR) is 77.6 cm³/mol. The van der Waals surface area contributed by atoms with E-state index in [9.17, 15) is 19.2 Å². The van der Waals surface area contributed by atoms with Gasteiger partial charge in [-0.3, -0.25) is 29.4 Å². The molecule has 0 bridgehead atoms. The summed E-state index contributed by atoms with van der Waals surface area (Å²) in [6.45, 7) is 4.00. The van der Waals surface area contributed by atoms with Gasteiger partial charge in [0, 0.05) is 39.1 Å². The fraction of sp³-hybridized carbons (Fsp3) is 0.312. The Hall–Kier alpha value is -1.40. The fourth-order valence-corrected chi connectivity index (χ4v) is 2.36. The molecule has 1 saturated heterocycles. The van der Waals surface area contributed by atoms with Gasteiger partial charge in [0.05, 0.1) is 0 Å². The van der Waals surface area contributed by atoms with E-state index >= 15 is 0 Å². The molecule has 23 heavy (non-hydrogen) atoms. The van der Waals surface area contributed by atoms with Gasteiger partial charge in [0.25, 0.3) is 0 Å². The molecule has 2 aliphatic heterocycles. The van der Waals surface area contributed by atoms with E-state index in [0.717, 1.165) is 4.90 Å². The average molecular weight is 389 g/mol. The van der Waals surface area contributed by atoms with Crippen molar-refractivity contribution in [3.63, 3.8) is 0 Å². The van der Waals surface area contributed by atoms with Gasteiger partial charge < -0.3 is 6.42 Å². The summed E-state index contributed by atoms with van der Waals surface area (Å²) in [7, 11) is 0. The fourth-order valence-electron chi connectivity index (χ4n) is 2.36. The number of hydrogen-bond donors (Lipinski definition) is 1. The molecule has 2 aliphatic rings.